The van der Waals surface area contributed by atoms with Gasteiger partial charge < -0.3 is 24.1 Å². The molecule has 0 spiro atoms. The first-order chi connectivity index (χ1) is 13.2. The second kappa shape index (κ2) is 7.36. The third-order valence-electron chi connectivity index (χ3n) is 4.37. The Hall–Kier alpha value is -3.55. The maximum atomic E-state index is 12.6. The van der Waals surface area contributed by atoms with Crippen molar-refractivity contribution in [3.8, 4) is 11.5 Å². The van der Waals surface area contributed by atoms with Crippen LogP contribution in [0.15, 0.2) is 63.7 Å². The van der Waals surface area contributed by atoms with E-state index >= 15 is 0 Å². The monoisotopic (exact) mass is 366 g/mol. The Morgan fingerprint density at radius 3 is 2.37 bits per heavy atom. The molecular weight excluding hydrogens is 348 g/mol. The molecule has 8 heteroatoms. The number of piperazine rings is 1. The molecule has 138 valence electrons. The molecule has 0 radical (unpaired) electrons. The Kier molecular flexibility index (Phi) is 4.61. The molecule has 2 aromatic heterocycles. The van der Waals surface area contributed by atoms with E-state index < -0.39 is 0 Å². The second-order valence-corrected chi connectivity index (χ2v) is 6.13. The Morgan fingerprint density at radius 2 is 1.67 bits per heavy atom. The fourth-order valence-corrected chi connectivity index (χ4v) is 2.91. The molecule has 3 amide bonds. The number of urea groups is 1. The number of nitrogens with one attached hydrogen (secondary N) is 1. The largest absolute Gasteiger partial charge is 0.461 e. The summed E-state index contributed by atoms with van der Waals surface area (Å²) in [6.45, 7) is 1.77. The van der Waals surface area contributed by atoms with Crippen LogP contribution in [0.3, 0.4) is 0 Å². The summed E-state index contributed by atoms with van der Waals surface area (Å²) in [5.41, 5.74) is 0.970. The fraction of sp³-hybridized carbons (Fsp3) is 0.211. The maximum Gasteiger partial charge on any atom is 0.321 e. The molecule has 3 heterocycles. The van der Waals surface area contributed by atoms with Crippen LogP contribution < -0.4 is 5.32 Å². The van der Waals surface area contributed by atoms with Crippen LogP contribution in [0.2, 0.25) is 0 Å². The molecule has 1 aliphatic rings. The van der Waals surface area contributed by atoms with E-state index in [0.717, 1.165) is 5.69 Å². The van der Waals surface area contributed by atoms with Gasteiger partial charge in [-0.1, -0.05) is 23.4 Å². The quantitative estimate of drug-likeness (QED) is 0.769. The minimum atomic E-state index is -0.223. The summed E-state index contributed by atoms with van der Waals surface area (Å²) in [5.74, 6) is 0.702. The van der Waals surface area contributed by atoms with Crippen molar-refractivity contribution in [2.45, 2.75) is 0 Å². The van der Waals surface area contributed by atoms with Gasteiger partial charge in [-0.25, -0.2) is 4.79 Å². The Morgan fingerprint density at radius 1 is 0.926 bits per heavy atom. The van der Waals surface area contributed by atoms with Crippen molar-refractivity contribution in [1.82, 2.24) is 15.0 Å². The summed E-state index contributed by atoms with van der Waals surface area (Å²) in [4.78, 5) is 28.3. The van der Waals surface area contributed by atoms with Crippen LogP contribution in [-0.4, -0.2) is 53.1 Å². The zero-order valence-corrected chi connectivity index (χ0v) is 14.5. The molecule has 27 heavy (non-hydrogen) atoms. The number of nitrogens with zero attached hydrogens (tertiary/aromatic N) is 3. The normalized spacial score (nSPS) is 14.2. The number of hydrogen-bond acceptors (Lipinski definition) is 5. The predicted octanol–water partition coefficient (Wildman–Crippen LogP) is 2.92. The topological polar surface area (TPSA) is 91.8 Å². The van der Waals surface area contributed by atoms with Gasteiger partial charge in [-0.05, 0) is 24.3 Å². The van der Waals surface area contributed by atoms with Gasteiger partial charge in [0.25, 0.3) is 5.91 Å². The SMILES string of the molecule is O=C(Nc1ccccc1)N1CCN(C(=O)c2cc(-c3ccco3)on2)CC1. The second-order valence-electron chi connectivity index (χ2n) is 6.13. The van der Waals surface area contributed by atoms with E-state index in [2.05, 4.69) is 10.5 Å². The average molecular weight is 366 g/mol. The van der Waals surface area contributed by atoms with Crippen molar-refractivity contribution in [2.24, 2.45) is 0 Å². The average Bonchev–Trinajstić information content (AvgIpc) is 3.40. The van der Waals surface area contributed by atoms with Gasteiger partial charge >= 0.3 is 6.03 Å². The molecular formula is C19H18N4O4. The van der Waals surface area contributed by atoms with E-state index in [-0.39, 0.29) is 17.6 Å². The van der Waals surface area contributed by atoms with E-state index in [4.69, 9.17) is 8.94 Å². The lowest BCUT2D eigenvalue weighted by molar-refractivity contribution is 0.0661. The Bertz CT molecular complexity index is 912. The molecule has 3 aromatic rings. The van der Waals surface area contributed by atoms with Gasteiger partial charge in [0.05, 0.1) is 6.26 Å². The van der Waals surface area contributed by atoms with Gasteiger partial charge in [-0.3, -0.25) is 4.79 Å². The van der Waals surface area contributed by atoms with E-state index in [1.165, 1.54) is 6.26 Å². The van der Waals surface area contributed by atoms with Gasteiger partial charge in [-0.15, -0.1) is 0 Å². The summed E-state index contributed by atoms with van der Waals surface area (Å²) >= 11 is 0. The van der Waals surface area contributed by atoms with Crippen molar-refractivity contribution < 1.29 is 18.5 Å². The number of amides is 3. The first kappa shape index (κ1) is 16.9. The lowest BCUT2D eigenvalue weighted by Crippen LogP contribution is -2.51. The van der Waals surface area contributed by atoms with E-state index in [1.54, 1.807) is 28.0 Å². The van der Waals surface area contributed by atoms with Gasteiger partial charge in [0.15, 0.2) is 11.5 Å². The molecule has 1 aliphatic heterocycles. The summed E-state index contributed by atoms with van der Waals surface area (Å²) in [6, 6.07) is 14.1. The maximum absolute atomic E-state index is 12.6. The lowest BCUT2D eigenvalue weighted by atomic mass is 10.2. The summed E-state index contributed by atoms with van der Waals surface area (Å²) in [7, 11) is 0. The van der Waals surface area contributed by atoms with Gasteiger partial charge in [-0.2, -0.15) is 0 Å². The van der Waals surface area contributed by atoms with E-state index in [0.29, 0.717) is 37.7 Å². The smallest absolute Gasteiger partial charge is 0.321 e. The minimum absolute atomic E-state index is 0.171. The van der Waals surface area contributed by atoms with Gasteiger partial charge in [0.1, 0.15) is 0 Å². The number of hydrogen-bond donors (Lipinski definition) is 1. The Balaban J connectivity index is 1.33. The number of benzene rings is 1. The summed E-state index contributed by atoms with van der Waals surface area (Å²) < 4.78 is 10.4. The summed E-state index contributed by atoms with van der Waals surface area (Å²) in [6.07, 6.45) is 1.53. The van der Waals surface area contributed by atoms with E-state index in [1.807, 2.05) is 30.3 Å². The molecule has 4 rings (SSSR count). The van der Waals surface area contributed by atoms with Crippen molar-refractivity contribution >= 4 is 17.6 Å². The standard InChI is InChI=1S/C19H18N4O4/c24-18(15-13-17(27-21-15)16-7-4-12-26-16)22-8-10-23(11-9-22)19(25)20-14-5-2-1-3-6-14/h1-7,12-13H,8-11H2,(H,20,25). The van der Waals surface area contributed by atoms with Crippen LogP contribution in [0.5, 0.6) is 0 Å². The fourth-order valence-electron chi connectivity index (χ4n) is 2.91. The van der Waals surface area contributed by atoms with Crippen molar-refractivity contribution in [2.75, 3.05) is 31.5 Å². The van der Waals surface area contributed by atoms with Crippen LogP contribution in [0.4, 0.5) is 10.5 Å². The third kappa shape index (κ3) is 3.69. The number of anilines is 1. The highest BCUT2D eigenvalue weighted by atomic mass is 16.5. The molecule has 8 nitrogen and oxygen atoms in total. The highest BCUT2D eigenvalue weighted by Gasteiger charge is 2.27. The van der Waals surface area contributed by atoms with Crippen molar-refractivity contribution in [3.05, 3.63) is 60.5 Å². The predicted molar refractivity (Wildman–Crippen MR) is 97.1 cm³/mol. The van der Waals surface area contributed by atoms with Crippen LogP contribution >= 0.6 is 0 Å². The van der Waals surface area contributed by atoms with Crippen LogP contribution in [0.1, 0.15) is 10.5 Å². The third-order valence-corrected chi connectivity index (χ3v) is 4.37. The molecule has 0 unspecified atom stereocenters. The number of furan rings is 1. The number of carbonyl (C=O) groups is 2. The van der Waals surface area contributed by atoms with Crippen molar-refractivity contribution in [1.29, 1.82) is 0 Å². The van der Waals surface area contributed by atoms with Crippen molar-refractivity contribution in [3.63, 3.8) is 0 Å². The van der Waals surface area contributed by atoms with Gasteiger partial charge in [0.2, 0.25) is 5.76 Å². The van der Waals surface area contributed by atoms with E-state index in [9.17, 15) is 9.59 Å². The van der Waals surface area contributed by atoms with Crippen LogP contribution in [-0.2, 0) is 0 Å². The molecule has 0 bridgehead atoms. The molecule has 1 N–H and O–H groups in total. The number of carbonyl (C=O) groups excluding carboxylic acids is 2. The zero-order valence-electron chi connectivity index (χ0n) is 14.5. The summed E-state index contributed by atoms with van der Waals surface area (Å²) in [5, 5.41) is 6.69. The highest BCUT2D eigenvalue weighted by Crippen LogP contribution is 2.21. The molecule has 0 atom stereocenters. The minimum Gasteiger partial charge on any atom is -0.461 e. The van der Waals surface area contributed by atoms with Crippen LogP contribution in [0.25, 0.3) is 11.5 Å². The lowest BCUT2D eigenvalue weighted by Gasteiger charge is -2.34. The first-order valence-electron chi connectivity index (χ1n) is 8.61. The Labute approximate surface area is 155 Å². The molecule has 1 fully saturated rings. The van der Waals surface area contributed by atoms with Crippen LogP contribution in [0, 0.1) is 0 Å². The molecule has 0 saturated carbocycles. The molecule has 0 aliphatic carbocycles. The number of aromatic nitrogens is 1. The number of rotatable bonds is 3. The highest BCUT2D eigenvalue weighted by molar-refractivity contribution is 5.93. The molecule has 1 aromatic carbocycles. The zero-order chi connectivity index (χ0) is 18.6. The number of para-hydroxylation sites is 1. The first-order valence-corrected chi connectivity index (χ1v) is 8.61. The molecule has 1 saturated heterocycles. The van der Waals surface area contributed by atoms with Gasteiger partial charge in [0, 0.05) is 37.9 Å².